The fourth-order valence-electron chi connectivity index (χ4n) is 7.37. The molecule has 0 spiro atoms. The fourth-order valence-corrected chi connectivity index (χ4v) is 7.37. The number of aromatic nitrogens is 2. The van der Waals surface area contributed by atoms with Gasteiger partial charge in [-0.25, -0.2) is 4.98 Å². The summed E-state index contributed by atoms with van der Waals surface area (Å²) in [4.78, 5) is 5.39. The van der Waals surface area contributed by atoms with Crippen LogP contribution in [-0.4, -0.2) is 9.55 Å². The SMILES string of the molecule is CC(C)c1cc(-c2ccccc2)cc(C(C)C)c1-n1c(-c2cc3oc(-c4ccccc4)cc3c3c2oc2ccccc23)nc2ccccc21. The summed E-state index contributed by atoms with van der Waals surface area (Å²) in [6.07, 6.45) is 0. The Bertz CT molecular complexity index is 2630. The monoisotopic (exact) mass is 636 g/mol. The smallest absolute Gasteiger partial charge is 0.149 e. The molecule has 238 valence electrons. The van der Waals surface area contributed by atoms with Crippen LogP contribution >= 0.6 is 0 Å². The van der Waals surface area contributed by atoms with Gasteiger partial charge in [0.2, 0.25) is 0 Å². The predicted octanol–water partition coefficient (Wildman–Crippen LogP) is 12.9. The van der Waals surface area contributed by atoms with E-state index in [9.17, 15) is 0 Å². The number of nitrogens with zero attached hydrogens (tertiary/aromatic N) is 2. The van der Waals surface area contributed by atoms with Crippen LogP contribution in [-0.2, 0) is 0 Å². The van der Waals surface area contributed by atoms with Crippen molar-refractivity contribution in [3.05, 3.63) is 145 Å². The second-order valence-corrected chi connectivity index (χ2v) is 13.6. The van der Waals surface area contributed by atoms with Crippen molar-refractivity contribution >= 4 is 43.9 Å². The Hall–Kier alpha value is -5.87. The van der Waals surface area contributed by atoms with Crippen LogP contribution in [0.25, 0.3) is 83.5 Å². The number of benzene rings is 6. The van der Waals surface area contributed by atoms with Gasteiger partial charge in [-0.3, -0.25) is 4.57 Å². The first kappa shape index (κ1) is 29.3. The van der Waals surface area contributed by atoms with Crippen molar-refractivity contribution in [1.29, 1.82) is 0 Å². The van der Waals surface area contributed by atoms with Crippen molar-refractivity contribution in [3.8, 4) is 39.5 Å². The van der Waals surface area contributed by atoms with E-state index in [1.54, 1.807) is 0 Å². The highest BCUT2D eigenvalue weighted by Crippen LogP contribution is 2.46. The van der Waals surface area contributed by atoms with E-state index in [1.165, 1.54) is 27.9 Å². The highest BCUT2D eigenvalue weighted by atomic mass is 16.3. The number of hydrogen-bond donors (Lipinski definition) is 0. The Morgan fingerprint density at radius 3 is 1.90 bits per heavy atom. The second-order valence-electron chi connectivity index (χ2n) is 13.6. The first-order valence-corrected chi connectivity index (χ1v) is 17.1. The molecule has 0 aliphatic rings. The van der Waals surface area contributed by atoms with E-state index in [4.69, 9.17) is 13.8 Å². The number of hydrogen-bond acceptors (Lipinski definition) is 3. The maximum absolute atomic E-state index is 6.79. The highest BCUT2D eigenvalue weighted by molar-refractivity contribution is 6.22. The molecular formula is C45H36N2O2. The summed E-state index contributed by atoms with van der Waals surface area (Å²) < 4.78 is 15.8. The topological polar surface area (TPSA) is 44.1 Å². The molecular weight excluding hydrogens is 601 g/mol. The van der Waals surface area contributed by atoms with Crippen molar-refractivity contribution in [2.75, 3.05) is 0 Å². The van der Waals surface area contributed by atoms with Gasteiger partial charge >= 0.3 is 0 Å². The molecule has 0 amide bonds. The Morgan fingerprint density at radius 1 is 0.551 bits per heavy atom. The van der Waals surface area contributed by atoms with E-state index >= 15 is 0 Å². The van der Waals surface area contributed by atoms with Crippen molar-refractivity contribution in [1.82, 2.24) is 9.55 Å². The zero-order valence-electron chi connectivity index (χ0n) is 28.1. The van der Waals surface area contributed by atoms with E-state index in [0.29, 0.717) is 0 Å². The Balaban J connectivity index is 1.40. The van der Waals surface area contributed by atoms with Crippen LogP contribution in [0, 0.1) is 0 Å². The molecule has 0 unspecified atom stereocenters. The fraction of sp³-hybridized carbons (Fsp3) is 0.133. The van der Waals surface area contributed by atoms with Gasteiger partial charge in [0.25, 0.3) is 0 Å². The van der Waals surface area contributed by atoms with E-state index in [0.717, 1.165) is 66.7 Å². The van der Waals surface area contributed by atoms with Crippen molar-refractivity contribution in [2.24, 2.45) is 0 Å². The van der Waals surface area contributed by atoms with Gasteiger partial charge in [-0.1, -0.05) is 119 Å². The second kappa shape index (κ2) is 11.4. The van der Waals surface area contributed by atoms with Crippen LogP contribution in [0.1, 0.15) is 50.7 Å². The summed E-state index contributed by atoms with van der Waals surface area (Å²) in [5.41, 5.74) is 12.6. The molecule has 0 fully saturated rings. The molecule has 9 rings (SSSR count). The molecule has 3 heterocycles. The lowest BCUT2D eigenvalue weighted by Gasteiger charge is -2.24. The van der Waals surface area contributed by atoms with Crippen molar-refractivity contribution in [3.63, 3.8) is 0 Å². The maximum Gasteiger partial charge on any atom is 0.149 e. The number of para-hydroxylation sites is 3. The molecule has 9 aromatic rings. The zero-order valence-corrected chi connectivity index (χ0v) is 28.1. The minimum atomic E-state index is 0.261. The summed E-state index contributed by atoms with van der Waals surface area (Å²) in [5, 5.41) is 3.13. The van der Waals surface area contributed by atoms with E-state index in [-0.39, 0.29) is 11.8 Å². The third-order valence-electron chi connectivity index (χ3n) is 9.75. The molecule has 0 saturated carbocycles. The lowest BCUT2D eigenvalue weighted by molar-refractivity contribution is 0.631. The average Bonchev–Trinajstić information content (AvgIpc) is 3.85. The Morgan fingerprint density at radius 2 is 1.18 bits per heavy atom. The van der Waals surface area contributed by atoms with E-state index in [1.807, 2.05) is 30.3 Å². The molecule has 0 radical (unpaired) electrons. The van der Waals surface area contributed by atoms with E-state index in [2.05, 4.69) is 135 Å². The van der Waals surface area contributed by atoms with Crippen LogP contribution < -0.4 is 0 Å². The van der Waals surface area contributed by atoms with Crippen LogP contribution in [0.4, 0.5) is 0 Å². The molecule has 3 aromatic heterocycles. The van der Waals surface area contributed by atoms with Gasteiger partial charge in [0.1, 0.15) is 28.3 Å². The van der Waals surface area contributed by atoms with Gasteiger partial charge in [0, 0.05) is 21.7 Å². The number of furan rings is 2. The van der Waals surface area contributed by atoms with Crippen LogP contribution in [0.3, 0.4) is 0 Å². The largest absolute Gasteiger partial charge is 0.456 e. The van der Waals surface area contributed by atoms with Gasteiger partial charge < -0.3 is 8.83 Å². The summed E-state index contributed by atoms with van der Waals surface area (Å²) in [6.45, 7) is 9.14. The third kappa shape index (κ3) is 4.70. The zero-order chi connectivity index (χ0) is 33.2. The first-order valence-electron chi connectivity index (χ1n) is 17.1. The van der Waals surface area contributed by atoms with Gasteiger partial charge in [0.05, 0.1) is 22.3 Å². The molecule has 0 aliphatic heterocycles. The molecule has 0 bridgehead atoms. The summed E-state index contributed by atoms with van der Waals surface area (Å²) in [7, 11) is 0. The highest BCUT2D eigenvalue weighted by Gasteiger charge is 2.27. The van der Waals surface area contributed by atoms with Crippen molar-refractivity contribution in [2.45, 2.75) is 39.5 Å². The lowest BCUT2D eigenvalue weighted by Crippen LogP contribution is -2.09. The van der Waals surface area contributed by atoms with Gasteiger partial charge in [-0.2, -0.15) is 0 Å². The minimum absolute atomic E-state index is 0.261. The van der Waals surface area contributed by atoms with Crippen LogP contribution in [0.5, 0.6) is 0 Å². The standard InChI is InChI=1S/C45H36N2O2/c1-27(2)33-23-31(29-15-7-5-8-16-29)24-34(28(3)4)43(33)47-38-21-13-12-20-37(38)46-45(47)36-26-41-35(25-40(48-41)30-17-9-6-10-18-30)42-32-19-11-14-22-39(32)49-44(36)42/h5-28H,1-4H3. The molecule has 49 heavy (non-hydrogen) atoms. The Kier molecular flexibility index (Phi) is 6.80. The lowest BCUT2D eigenvalue weighted by atomic mass is 9.88. The summed E-state index contributed by atoms with van der Waals surface area (Å²) in [6, 6.07) is 46.7. The molecule has 4 heteroatoms. The number of imidazole rings is 1. The van der Waals surface area contributed by atoms with Gasteiger partial charge in [-0.15, -0.1) is 0 Å². The predicted molar refractivity (Wildman–Crippen MR) is 203 cm³/mol. The molecule has 4 nitrogen and oxygen atoms in total. The van der Waals surface area contributed by atoms with Crippen molar-refractivity contribution < 1.29 is 8.83 Å². The Labute approximate surface area is 285 Å². The van der Waals surface area contributed by atoms with Crippen LogP contribution in [0.15, 0.2) is 142 Å². The van der Waals surface area contributed by atoms with E-state index < -0.39 is 0 Å². The molecule has 0 aliphatic carbocycles. The van der Waals surface area contributed by atoms with Gasteiger partial charge in [-0.05, 0) is 76.6 Å². The maximum atomic E-state index is 6.79. The summed E-state index contributed by atoms with van der Waals surface area (Å²) >= 11 is 0. The average molecular weight is 637 g/mol. The molecule has 6 aromatic carbocycles. The molecule has 0 saturated heterocycles. The molecule has 0 atom stereocenters. The first-order chi connectivity index (χ1) is 24.0. The molecule has 0 N–H and O–H groups in total. The van der Waals surface area contributed by atoms with Crippen LogP contribution in [0.2, 0.25) is 0 Å². The minimum Gasteiger partial charge on any atom is -0.456 e. The van der Waals surface area contributed by atoms with Gasteiger partial charge in [0.15, 0.2) is 0 Å². The number of rotatable bonds is 6. The quantitative estimate of drug-likeness (QED) is 0.182. The number of fused-ring (bicyclic) bond motifs is 6. The normalized spacial score (nSPS) is 12.0. The summed E-state index contributed by atoms with van der Waals surface area (Å²) in [5.74, 6) is 2.18. The third-order valence-corrected chi connectivity index (χ3v) is 9.75.